The molecule has 0 aliphatic heterocycles. The van der Waals surface area contributed by atoms with Gasteiger partial charge < -0.3 is 24.3 Å². The predicted octanol–water partition coefficient (Wildman–Crippen LogP) is 5.49. The molecular formula is C22H25Cl2N3O6. The van der Waals surface area contributed by atoms with Crippen LogP contribution in [0.3, 0.4) is 0 Å². The monoisotopic (exact) mass is 497 g/mol. The minimum absolute atomic E-state index is 0.215. The third-order valence-electron chi connectivity index (χ3n) is 4.26. The summed E-state index contributed by atoms with van der Waals surface area (Å²) in [5, 5.41) is 11.0. The zero-order chi connectivity index (χ0) is 24.5. The molecule has 178 valence electrons. The summed E-state index contributed by atoms with van der Waals surface area (Å²) in [6.45, 7) is 5.69. The Hall–Kier alpha value is -3.04. The number of anilines is 1. The number of ether oxygens (including phenoxy) is 4. The number of nitrogens with one attached hydrogen (secondary N) is 1. The zero-order valence-corrected chi connectivity index (χ0v) is 20.4. The second kappa shape index (κ2) is 12.3. The number of Topliss-reactive ketones (excluding diaryl/α,β-unsaturated/α-hetero) is 1. The minimum Gasteiger partial charge on any atom is -0.495 e. The first-order chi connectivity index (χ1) is 15.7. The molecule has 0 aromatic heterocycles. The van der Waals surface area contributed by atoms with E-state index >= 15 is 0 Å². The summed E-state index contributed by atoms with van der Waals surface area (Å²) < 4.78 is 21.5. The molecule has 0 heterocycles. The number of halogens is 2. The summed E-state index contributed by atoms with van der Waals surface area (Å²) in [6, 6.07) is 4.59. The quantitative estimate of drug-likeness (QED) is 0.324. The third kappa shape index (κ3) is 6.72. The van der Waals surface area contributed by atoms with Crippen molar-refractivity contribution in [2.24, 2.45) is 10.2 Å². The molecule has 2 aromatic carbocycles. The van der Waals surface area contributed by atoms with Crippen LogP contribution in [-0.4, -0.2) is 45.2 Å². The normalized spacial score (nSPS) is 11.7. The first-order valence-electron chi connectivity index (χ1n) is 9.98. The summed E-state index contributed by atoms with van der Waals surface area (Å²) in [4.78, 5) is 25.0. The summed E-state index contributed by atoms with van der Waals surface area (Å²) in [6.07, 6.45) is 0. The molecule has 0 bridgehead atoms. The van der Waals surface area contributed by atoms with Crippen LogP contribution in [0.5, 0.6) is 23.0 Å². The van der Waals surface area contributed by atoms with Crippen molar-refractivity contribution < 1.29 is 28.5 Å². The molecule has 1 atom stereocenters. The van der Waals surface area contributed by atoms with Gasteiger partial charge in [-0.05, 0) is 26.8 Å². The average Bonchev–Trinajstić information content (AvgIpc) is 2.76. The molecule has 0 aliphatic carbocycles. The van der Waals surface area contributed by atoms with Gasteiger partial charge in [0.05, 0.1) is 43.2 Å². The van der Waals surface area contributed by atoms with Gasteiger partial charge in [0.1, 0.15) is 17.2 Å². The van der Waals surface area contributed by atoms with Crippen LogP contribution in [0.15, 0.2) is 34.5 Å². The SMILES string of the molecule is CCOc1cc(Cl)c(N=NC(C(C)=O)C(=O)Nc2cc(Cl)c(OC)cc2OC)cc1OCC. The van der Waals surface area contributed by atoms with Crippen LogP contribution in [0.25, 0.3) is 0 Å². The number of hydrogen-bond acceptors (Lipinski definition) is 8. The van der Waals surface area contributed by atoms with Gasteiger partial charge in [-0.15, -0.1) is 0 Å². The van der Waals surface area contributed by atoms with Crippen molar-refractivity contribution in [3.63, 3.8) is 0 Å². The molecule has 0 spiro atoms. The highest BCUT2D eigenvalue weighted by Crippen LogP contribution is 2.39. The van der Waals surface area contributed by atoms with Crippen LogP contribution in [0.2, 0.25) is 10.0 Å². The van der Waals surface area contributed by atoms with E-state index in [1.54, 1.807) is 0 Å². The molecule has 11 heteroatoms. The fourth-order valence-corrected chi connectivity index (χ4v) is 3.17. The van der Waals surface area contributed by atoms with Gasteiger partial charge in [-0.25, -0.2) is 0 Å². The van der Waals surface area contributed by atoms with E-state index in [1.807, 2.05) is 13.8 Å². The Morgan fingerprint density at radius 1 is 0.909 bits per heavy atom. The highest BCUT2D eigenvalue weighted by atomic mass is 35.5. The molecule has 1 N–H and O–H groups in total. The maximum Gasteiger partial charge on any atom is 0.258 e. The first kappa shape index (κ1) is 26.2. The highest BCUT2D eigenvalue weighted by molar-refractivity contribution is 6.33. The van der Waals surface area contributed by atoms with Crippen molar-refractivity contribution in [3.05, 3.63) is 34.3 Å². The number of methoxy groups -OCH3 is 2. The van der Waals surface area contributed by atoms with Crippen molar-refractivity contribution in [3.8, 4) is 23.0 Å². The lowest BCUT2D eigenvalue weighted by molar-refractivity contribution is -0.126. The smallest absolute Gasteiger partial charge is 0.258 e. The number of nitrogens with zero attached hydrogens (tertiary/aromatic N) is 2. The van der Waals surface area contributed by atoms with Crippen LogP contribution < -0.4 is 24.3 Å². The van der Waals surface area contributed by atoms with Gasteiger partial charge >= 0.3 is 0 Å². The van der Waals surface area contributed by atoms with Crippen molar-refractivity contribution in [2.75, 3.05) is 32.8 Å². The Kier molecular flexibility index (Phi) is 9.74. The number of carbonyl (C=O) groups is 2. The molecule has 2 rings (SSSR count). The number of rotatable bonds is 11. The molecule has 0 saturated carbocycles. The van der Waals surface area contributed by atoms with Crippen LogP contribution in [0.4, 0.5) is 11.4 Å². The molecule has 33 heavy (non-hydrogen) atoms. The number of hydrogen-bond donors (Lipinski definition) is 1. The molecular weight excluding hydrogens is 473 g/mol. The lowest BCUT2D eigenvalue weighted by Gasteiger charge is -2.15. The number of benzene rings is 2. The topological polar surface area (TPSA) is 108 Å². The number of amides is 1. The van der Waals surface area contributed by atoms with E-state index in [9.17, 15) is 9.59 Å². The molecule has 0 saturated heterocycles. The fourth-order valence-electron chi connectivity index (χ4n) is 2.73. The summed E-state index contributed by atoms with van der Waals surface area (Å²) >= 11 is 12.4. The van der Waals surface area contributed by atoms with E-state index < -0.39 is 17.7 Å². The molecule has 0 aliphatic rings. The maximum absolute atomic E-state index is 12.8. The van der Waals surface area contributed by atoms with Gasteiger partial charge in [0.25, 0.3) is 5.91 Å². The highest BCUT2D eigenvalue weighted by Gasteiger charge is 2.25. The van der Waals surface area contributed by atoms with E-state index in [1.165, 1.54) is 45.4 Å². The van der Waals surface area contributed by atoms with Crippen molar-refractivity contribution in [2.45, 2.75) is 26.8 Å². The van der Waals surface area contributed by atoms with E-state index in [-0.39, 0.29) is 21.4 Å². The molecule has 1 amide bonds. The molecule has 2 aromatic rings. The predicted molar refractivity (Wildman–Crippen MR) is 126 cm³/mol. The van der Waals surface area contributed by atoms with Crippen LogP contribution in [-0.2, 0) is 9.59 Å². The Morgan fingerprint density at radius 3 is 2.06 bits per heavy atom. The van der Waals surface area contributed by atoms with Crippen LogP contribution in [0, 0.1) is 0 Å². The summed E-state index contributed by atoms with van der Waals surface area (Å²) in [5.74, 6) is 0.274. The summed E-state index contributed by atoms with van der Waals surface area (Å²) in [5.41, 5.74) is 0.458. The number of azo groups is 1. The third-order valence-corrected chi connectivity index (χ3v) is 4.86. The first-order valence-corrected chi connectivity index (χ1v) is 10.7. The largest absolute Gasteiger partial charge is 0.495 e. The maximum atomic E-state index is 12.8. The van der Waals surface area contributed by atoms with E-state index in [0.29, 0.717) is 36.2 Å². The van der Waals surface area contributed by atoms with E-state index in [0.717, 1.165) is 0 Å². The Balaban J connectivity index is 2.33. The van der Waals surface area contributed by atoms with Gasteiger partial charge in [0.15, 0.2) is 17.3 Å². The molecule has 0 fully saturated rings. The summed E-state index contributed by atoms with van der Waals surface area (Å²) in [7, 11) is 2.87. The number of ketones is 1. The van der Waals surface area contributed by atoms with Gasteiger partial charge in [0, 0.05) is 18.2 Å². The molecule has 0 radical (unpaired) electrons. The Labute approximate surface area is 202 Å². The van der Waals surface area contributed by atoms with E-state index in [2.05, 4.69) is 15.5 Å². The lowest BCUT2D eigenvalue weighted by Crippen LogP contribution is -2.32. The average molecular weight is 498 g/mol. The van der Waals surface area contributed by atoms with Gasteiger partial charge in [-0.3, -0.25) is 9.59 Å². The fraction of sp³-hybridized carbons (Fsp3) is 0.364. The van der Waals surface area contributed by atoms with Crippen molar-refractivity contribution >= 4 is 46.3 Å². The second-order valence-electron chi connectivity index (χ2n) is 6.52. The number of carbonyl (C=O) groups excluding carboxylic acids is 2. The van der Waals surface area contributed by atoms with Gasteiger partial charge in [-0.2, -0.15) is 10.2 Å². The van der Waals surface area contributed by atoms with Gasteiger partial charge in [-0.1, -0.05) is 23.2 Å². The van der Waals surface area contributed by atoms with Crippen LogP contribution >= 0.6 is 23.2 Å². The van der Waals surface area contributed by atoms with E-state index in [4.69, 9.17) is 42.1 Å². The second-order valence-corrected chi connectivity index (χ2v) is 7.34. The minimum atomic E-state index is -1.44. The Morgan fingerprint density at radius 2 is 1.52 bits per heavy atom. The molecule has 1 unspecified atom stereocenters. The Bertz CT molecular complexity index is 1050. The lowest BCUT2D eigenvalue weighted by atomic mass is 10.2. The van der Waals surface area contributed by atoms with Gasteiger partial charge in [0.2, 0.25) is 6.04 Å². The zero-order valence-electron chi connectivity index (χ0n) is 18.9. The van der Waals surface area contributed by atoms with Crippen LogP contribution in [0.1, 0.15) is 20.8 Å². The standard InChI is InChI=1S/C22H25Cl2N3O6/c1-6-32-19-9-13(23)15(10-20(19)33-7-2)26-27-21(12(3)28)22(29)25-16-8-14(24)17(30-4)11-18(16)31-5/h8-11,21H,6-7H2,1-5H3,(H,25,29). The van der Waals surface area contributed by atoms with Crippen molar-refractivity contribution in [1.82, 2.24) is 0 Å². The molecule has 9 nitrogen and oxygen atoms in total. The van der Waals surface area contributed by atoms with Crippen molar-refractivity contribution in [1.29, 1.82) is 0 Å².